The van der Waals surface area contributed by atoms with Crippen LogP contribution in [0.4, 0.5) is 11.4 Å². The predicted molar refractivity (Wildman–Crippen MR) is 158 cm³/mol. The molecule has 10 nitrogen and oxygen atoms in total. The molecule has 1 N–H and O–H groups in total. The minimum atomic E-state index is -4.27. The maximum atomic E-state index is 14.0. The summed E-state index contributed by atoms with van der Waals surface area (Å²) < 4.78 is 28.5. The van der Waals surface area contributed by atoms with E-state index in [4.69, 9.17) is 11.6 Å². The van der Waals surface area contributed by atoms with Crippen LogP contribution in [0, 0.1) is 10.1 Å². The van der Waals surface area contributed by atoms with Crippen LogP contribution in [-0.2, 0) is 26.2 Å². The maximum Gasteiger partial charge on any atom is 0.269 e. The second-order valence-corrected chi connectivity index (χ2v) is 11.8. The number of nitrogens with zero attached hydrogens (tertiary/aromatic N) is 3. The number of anilines is 1. The van der Waals surface area contributed by atoms with Crippen LogP contribution in [0.15, 0.2) is 83.8 Å². The molecule has 0 saturated heterocycles. The molecular formula is C29H33ClN4O6S. The van der Waals surface area contributed by atoms with Gasteiger partial charge in [0, 0.05) is 29.7 Å². The van der Waals surface area contributed by atoms with Gasteiger partial charge in [0.25, 0.3) is 15.7 Å². The molecule has 3 aromatic carbocycles. The number of amides is 2. The summed E-state index contributed by atoms with van der Waals surface area (Å²) >= 11 is 6.04. The molecule has 0 saturated carbocycles. The zero-order valence-electron chi connectivity index (χ0n) is 23.1. The van der Waals surface area contributed by atoms with E-state index in [0.717, 1.165) is 4.31 Å². The summed E-state index contributed by atoms with van der Waals surface area (Å²) in [7, 11) is -4.27. The van der Waals surface area contributed by atoms with Crippen molar-refractivity contribution in [1.29, 1.82) is 0 Å². The summed E-state index contributed by atoms with van der Waals surface area (Å²) in [6.45, 7) is 4.95. The highest BCUT2D eigenvalue weighted by atomic mass is 35.5. The van der Waals surface area contributed by atoms with Crippen LogP contribution in [-0.4, -0.2) is 48.7 Å². The topological polar surface area (TPSA) is 130 Å². The van der Waals surface area contributed by atoms with E-state index < -0.39 is 33.4 Å². The predicted octanol–water partition coefficient (Wildman–Crippen LogP) is 5.17. The molecule has 0 radical (unpaired) electrons. The van der Waals surface area contributed by atoms with E-state index in [9.17, 15) is 28.1 Å². The van der Waals surface area contributed by atoms with Crippen LogP contribution >= 0.6 is 11.6 Å². The van der Waals surface area contributed by atoms with Crippen LogP contribution in [0.3, 0.4) is 0 Å². The van der Waals surface area contributed by atoms with E-state index in [-0.39, 0.29) is 41.2 Å². The quantitative estimate of drug-likeness (QED) is 0.213. The van der Waals surface area contributed by atoms with Crippen molar-refractivity contribution in [3.8, 4) is 0 Å². The normalized spacial score (nSPS) is 12.7. The Kier molecular flexibility index (Phi) is 10.8. The molecule has 3 aromatic rings. The standard InChI is InChI=1S/C29H33ClN4O6S/c1-4-21(3)31-29(36)27(5-2)32(19-22-11-13-23(30)14-12-22)28(35)20-33(24-15-17-25(18-16-24)34(37)38)41(39,40)26-9-7-6-8-10-26/h6-18,21,27H,4-5,19-20H2,1-3H3,(H,31,36)/t21-,27-/m0/s1. The molecule has 218 valence electrons. The Morgan fingerprint density at radius 3 is 2.10 bits per heavy atom. The van der Waals surface area contributed by atoms with Gasteiger partial charge in [-0.1, -0.05) is 55.8 Å². The molecule has 0 heterocycles. The second kappa shape index (κ2) is 14.1. The summed E-state index contributed by atoms with van der Waals surface area (Å²) in [5.41, 5.74) is 0.538. The zero-order valence-corrected chi connectivity index (χ0v) is 24.6. The Bertz CT molecular complexity index is 1450. The van der Waals surface area contributed by atoms with E-state index in [2.05, 4.69) is 5.32 Å². The minimum Gasteiger partial charge on any atom is -0.352 e. The first-order chi connectivity index (χ1) is 19.5. The molecule has 0 unspecified atom stereocenters. The first-order valence-electron chi connectivity index (χ1n) is 13.1. The molecule has 0 fully saturated rings. The fraction of sp³-hybridized carbons (Fsp3) is 0.310. The van der Waals surface area contributed by atoms with E-state index in [1.54, 1.807) is 49.4 Å². The molecule has 0 aliphatic heterocycles. The smallest absolute Gasteiger partial charge is 0.269 e. The molecule has 0 spiro atoms. The molecule has 41 heavy (non-hydrogen) atoms. The number of carbonyl (C=O) groups excluding carboxylic acids is 2. The highest BCUT2D eigenvalue weighted by molar-refractivity contribution is 7.92. The first kappa shape index (κ1) is 31.6. The van der Waals surface area contributed by atoms with Gasteiger partial charge in [-0.25, -0.2) is 8.42 Å². The zero-order chi connectivity index (χ0) is 30.2. The summed E-state index contributed by atoms with van der Waals surface area (Å²) in [6.07, 6.45) is 0.973. The number of benzene rings is 3. The molecular weight excluding hydrogens is 568 g/mol. The molecule has 2 amide bonds. The number of hydrogen-bond donors (Lipinski definition) is 1. The third-order valence-electron chi connectivity index (χ3n) is 6.61. The van der Waals surface area contributed by atoms with Gasteiger partial charge in [0.1, 0.15) is 12.6 Å². The Morgan fingerprint density at radius 2 is 1.56 bits per heavy atom. The van der Waals surface area contributed by atoms with Crippen LogP contribution in [0.5, 0.6) is 0 Å². The van der Waals surface area contributed by atoms with E-state index in [0.29, 0.717) is 17.0 Å². The molecule has 0 aliphatic carbocycles. The number of rotatable bonds is 13. The van der Waals surface area contributed by atoms with Crippen molar-refractivity contribution >= 4 is 44.8 Å². The number of nitro groups is 1. The number of nitrogens with one attached hydrogen (secondary N) is 1. The highest BCUT2D eigenvalue weighted by Crippen LogP contribution is 2.27. The van der Waals surface area contributed by atoms with Crippen LogP contribution in [0.25, 0.3) is 0 Å². The van der Waals surface area contributed by atoms with Crippen molar-refractivity contribution in [1.82, 2.24) is 10.2 Å². The fourth-order valence-electron chi connectivity index (χ4n) is 4.14. The average molecular weight is 601 g/mol. The lowest BCUT2D eigenvalue weighted by atomic mass is 10.1. The number of sulfonamides is 1. The Labute approximate surface area is 245 Å². The lowest BCUT2D eigenvalue weighted by Gasteiger charge is -2.33. The van der Waals surface area contributed by atoms with Gasteiger partial charge in [-0.2, -0.15) is 0 Å². The number of halogens is 1. The van der Waals surface area contributed by atoms with E-state index in [1.807, 2.05) is 13.8 Å². The molecule has 0 aliphatic rings. The SMILES string of the molecule is CC[C@H](C)NC(=O)[C@H](CC)N(Cc1ccc(Cl)cc1)C(=O)CN(c1ccc([N+](=O)[O-])cc1)S(=O)(=O)c1ccccc1. The summed E-state index contributed by atoms with van der Waals surface area (Å²) in [6, 6.07) is 18.3. The van der Waals surface area contributed by atoms with Crippen molar-refractivity contribution < 1.29 is 22.9 Å². The van der Waals surface area contributed by atoms with Crippen molar-refractivity contribution in [3.05, 3.63) is 99.6 Å². The first-order valence-corrected chi connectivity index (χ1v) is 15.0. The Balaban J connectivity index is 2.06. The minimum absolute atomic E-state index is 0.0297. The van der Waals surface area contributed by atoms with Crippen LogP contribution in [0.2, 0.25) is 5.02 Å². The molecule has 0 bridgehead atoms. The molecule has 2 atom stereocenters. The maximum absolute atomic E-state index is 14.0. The second-order valence-electron chi connectivity index (χ2n) is 9.49. The van der Waals surface area contributed by atoms with Gasteiger partial charge in [-0.3, -0.25) is 24.0 Å². The van der Waals surface area contributed by atoms with Gasteiger partial charge in [0.05, 0.1) is 15.5 Å². The lowest BCUT2D eigenvalue weighted by Crippen LogP contribution is -2.53. The van der Waals surface area contributed by atoms with E-state index in [1.165, 1.54) is 41.3 Å². The van der Waals surface area contributed by atoms with Gasteiger partial charge in [0.15, 0.2) is 0 Å². The van der Waals surface area contributed by atoms with Gasteiger partial charge in [-0.15, -0.1) is 0 Å². The molecule has 3 rings (SSSR count). The van der Waals surface area contributed by atoms with E-state index >= 15 is 0 Å². The van der Waals surface area contributed by atoms with Crippen LogP contribution < -0.4 is 9.62 Å². The number of non-ortho nitro benzene ring substituents is 1. The third-order valence-corrected chi connectivity index (χ3v) is 8.65. The Hall–Kier alpha value is -3.96. The highest BCUT2D eigenvalue weighted by Gasteiger charge is 2.34. The van der Waals surface area contributed by atoms with Gasteiger partial charge in [0.2, 0.25) is 11.8 Å². The number of carbonyl (C=O) groups is 2. The number of hydrogen-bond acceptors (Lipinski definition) is 6. The molecule has 0 aromatic heterocycles. The Morgan fingerprint density at radius 1 is 0.951 bits per heavy atom. The summed E-state index contributed by atoms with van der Waals surface area (Å²) in [5, 5.41) is 14.6. The van der Waals surface area contributed by atoms with Gasteiger partial charge < -0.3 is 10.2 Å². The van der Waals surface area contributed by atoms with Gasteiger partial charge in [-0.05, 0) is 61.7 Å². The number of nitro benzene ring substituents is 1. The van der Waals surface area contributed by atoms with Crippen LogP contribution in [0.1, 0.15) is 39.2 Å². The third kappa shape index (κ3) is 8.05. The van der Waals surface area contributed by atoms with Crippen molar-refractivity contribution in [2.24, 2.45) is 0 Å². The summed E-state index contributed by atoms with van der Waals surface area (Å²) in [4.78, 5) is 39.2. The van der Waals surface area contributed by atoms with Crippen molar-refractivity contribution in [2.75, 3.05) is 10.8 Å². The monoisotopic (exact) mass is 600 g/mol. The van der Waals surface area contributed by atoms with Crippen molar-refractivity contribution in [2.45, 2.75) is 57.1 Å². The largest absolute Gasteiger partial charge is 0.352 e. The fourth-order valence-corrected chi connectivity index (χ4v) is 5.70. The average Bonchev–Trinajstić information content (AvgIpc) is 2.97. The molecule has 12 heteroatoms. The van der Waals surface area contributed by atoms with Crippen molar-refractivity contribution in [3.63, 3.8) is 0 Å². The van der Waals surface area contributed by atoms with Gasteiger partial charge >= 0.3 is 0 Å². The summed E-state index contributed by atoms with van der Waals surface area (Å²) in [5.74, 6) is -0.971. The lowest BCUT2D eigenvalue weighted by molar-refractivity contribution is -0.384.